The molecule has 8 heteroatoms. The molecule has 1 amide bonds. The van der Waals surface area contributed by atoms with Gasteiger partial charge >= 0.3 is 13.1 Å². The van der Waals surface area contributed by atoms with Crippen LogP contribution < -0.4 is 10.8 Å². The molecule has 0 aliphatic rings. The zero-order valence-corrected chi connectivity index (χ0v) is 11.5. The third kappa shape index (κ3) is 3.95. The van der Waals surface area contributed by atoms with Crippen LogP contribution in [0.2, 0.25) is 0 Å². The van der Waals surface area contributed by atoms with Crippen LogP contribution in [0.5, 0.6) is 0 Å². The number of amides is 1. The van der Waals surface area contributed by atoms with Gasteiger partial charge < -0.3 is 25.3 Å². The Kier molecular flexibility index (Phi) is 5.61. The molecule has 0 radical (unpaired) electrons. The monoisotopic (exact) mass is 493 g/mol. The van der Waals surface area contributed by atoms with E-state index in [-0.39, 0.29) is 6.42 Å². The molecule has 0 saturated heterocycles. The molecule has 6 nitrogen and oxygen atoms in total. The van der Waals surface area contributed by atoms with E-state index in [0.29, 0.717) is 11.0 Å². The van der Waals surface area contributed by atoms with E-state index in [1.54, 1.807) is 12.1 Å². The van der Waals surface area contributed by atoms with Crippen LogP contribution in [-0.4, -0.2) is 40.7 Å². The summed E-state index contributed by atoms with van der Waals surface area (Å²) < 4.78 is 0. The summed E-state index contributed by atoms with van der Waals surface area (Å²) in [5, 5.41) is 28.6. The Morgan fingerprint density at radius 3 is 2.28 bits per heavy atom. The van der Waals surface area contributed by atoms with Gasteiger partial charge in [-0.25, -0.2) is 0 Å². The summed E-state index contributed by atoms with van der Waals surface area (Å²) in [5.74, 6) is -1.15. The second kappa shape index (κ2) is 6.67. The van der Waals surface area contributed by atoms with Gasteiger partial charge in [0, 0.05) is 6.42 Å². The summed E-state index contributed by atoms with van der Waals surface area (Å²) in [6.45, 7) is 0. The molecular weight excluding hydrogens is 482 g/mol. The van der Waals surface area contributed by atoms with Crippen LogP contribution in [0.25, 0.3) is 0 Å². The normalized spacial score (nSPS) is 11.0. The first-order chi connectivity index (χ1) is 8.04. The van der Waals surface area contributed by atoms with E-state index in [1.807, 2.05) is 0 Å². The fraction of sp³-hybridized carbons (Fsp3) is 0.200. The third-order valence-corrected chi connectivity index (χ3v) is 2.25. The van der Waals surface area contributed by atoms with Gasteiger partial charge in [0.2, 0.25) is 0 Å². The largest absolute Gasteiger partial charge is 0.520 e. The van der Waals surface area contributed by atoms with Crippen LogP contribution in [-0.2, 0) is 16.0 Å². The van der Waals surface area contributed by atoms with E-state index < -0.39 is 19.1 Å². The Labute approximate surface area is 98.0 Å². The molecule has 1 aromatic rings. The van der Waals surface area contributed by atoms with Crippen molar-refractivity contribution in [1.29, 1.82) is 0 Å². The molecule has 18 heavy (non-hydrogen) atoms. The maximum atomic E-state index is 10.7. The van der Waals surface area contributed by atoms with E-state index in [9.17, 15) is 9.59 Å². The number of rotatable bonds is 6. The number of hydrogen-bond acceptors (Lipinski definition) is 4. The number of carboxylic acid groups (broad SMARTS) is 1. The molecule has 0 saturated carbocycles. The van der Waals surface area contributed by atoms with Gasteiger partial charge in [0.05, 0.1) is 0 Å². The molecule has 0 aliphatic heterocycles. The van der Waals surface area contributed by atoms with Crippen molar-refractivity contribution in [2.24, 2.45) is 0 Å². The first-order valence-corrected chi connectivity index (χ1v) is 4.85. The molecule has 0 bridgehead atoms. The molecule has 0 spiro atoms. The predicted octanol–water partition coefficient (Wildman–Crippen LogP) is -1.98. The van der Waals surface area contributed by atoms with Gasteiger partial charge in [0.15, 0.2) is 0 Å². The fourth-order valence-corrected chi connectivity index (χ4v) is 1.33. The van der Waals surface area contributed by atoms with Crippen LogP contribution in [0.4, 0.5) is 0 Å². The molecule has 1 aromatic carbocycles. The van der Waals surface area contributed by atoms with Gasteiger partial charge in [-0.2, -0.15) is 6.41 Å². The van der Waals surface area contributed by atoms with Gasteiger partial charge in [-0.15, -0.1) is 0 Å². The molecule has 1 atom stereocenters. The summed E-state index contributed by atoms with van der Waals surface area (Å²) >= 11 is 0. The second-order valence-electron chi connectivity index (χ2n) is 3.46. The number of carbonyl (C=O) groups excluding carboxylic acids is 1. The van der Waals surface area contributed by atoms with Gasteiger partial charge in [-0.05, 0) is 11.0 Å². The van der Waals surface area contributed by atoms with Gasteiger partial charge in [-0.1, -0.05) is 24.3 Å². The fourth-order valence-electron chi connectivity index (χ4n) is 1.33. The van der Waals surface area contributed by atoms with Crippen molar-refractivity contribution in [3.05, 3.63) is 29.8 Å². The topological polar surface area (TPSA) is 107 Å². The van der Waals surface area contributed by atoms with Gasteiger partial charge in [-0.3, -0.25) is 4.79 Å². The van der Waals surface area contributed by atoms with E-state index in [1.165, 1.54) is 18.5 Å². The van der Waals surface area contributed by atoms with Crippen molar-refractivity contribution < 1.29 is 24.7 Å². The smallest absolute Gasteiger partial charge is 0.488 e. The second-order valence-corrected chi connectivity index (χ2v) is 3.46. The minimum Gasteiger partial charge on any atom is -0.520 e. The molecular formula is C10H11BFmNO5-. The first-order valence-electron chi connectivity index (χ1n) is 4.85. The number of carboxylic acids is 1. The zero-order valence-electron chi connectivity index (χ0n) is 9.12. The molecule has 0 aromatic heterocycles. The summed E-state index contributed by atoms with van der Waals surface area (Å²) in [6, 6.07) is 5.04. The van der Waals surface area contributed by atoms with Crippen molar-refractivity contribution in [3.63, 3.8) is 0 Å². The minimum absolute atomic E-state index is 0. The van der Waals surface area contributed by atoms with Crippen molar-refractivity contribution in [2.75, 3.05) is 0 Å². The van der Waals surface area contributed by atoms with E-state index in [4.69, 9.17) is 15.2 Å². The van der Waals surface area contributed by atoms with Gasteiger partial charge in [0.1, 0.15) is 6.04 Å². The maximum absolute atomic E-state index is 10.7. The Morgan fingerprint density at radius 1 is 1.33 bits per heavy atom. The van der Waals surface area contributed by atoms with Crippen LogP contribution in [0.15, 0.2) is 24.3 Å². The number of nitrogens with one attached hydrogen (secondary N) is 1. The standard InChI is InChI=1S/C10H11BNO5.Fm/c13-6-12-9(10(14)15)5-7-1-3-8(4-2-7)11(16)17;/h1-4,9,16-17H,5H2,(H,12,13)(H,14,15);/q-1;. The zero-order chi connectivity index (χ0) is 12.8. The molecule has 1 rings (SSSR count). The van der Waals surface area contributed by atoms with Crippen LogP contribution in [0.3, 0.4) is 0 Å². The average Bonchev–Trinajstić information content (AvgIpc) is 2.29. The maximum Gasteiger partial charge on any atom is 0.488 e. The summed E-state index contributed by atoms with van der Waals surface area (Å²) in [6.07, 6.45) is 1.44. The quantitative estimate of drug-likeness (QED) is 0.209. The predicted molar refractivity (Wildman–Crippen MR) is 60.2 cm³/mol. The number of aliphatic carboxylic acids is 1. The molecule has 0 heterocycles. The SMILES string of the molecule is O=[C-]NC(Cc1ccc(B(O)O)cc1)C(=O)O.[Fm]. The van der Waals surface area contributed by atoms with E-state index in [0.717, 1.165) is 0 Å². The number of hydrogen-bond donors (Lipinski definition) is 4. The van der Waals surface area contributed by atoms with E-state index >= 15 is 0 Å². The minimum atomic E-state index is -1.55. The number of benzene rings is 1. The average molecular weight is 493 g/mol. The summed E-state index contributed by atoms with van der Waals surface area (Å²) in [4.78, 5) is 20.8. The molecule has 0 fully saturated rings. The van der Waals surface area contributed by atoms with Crippen molar-refractivity contribution >= 4 is 25.0 Å². The van der Waals surface area contributed by atoms with Crippen molar-refractivity contribution in [1.82, 2.24) is 5.32 Å². The Hall–Kier alpha value is -2.86. The van der Waals surface area contributed by atoms with Gasteiger partial charge in [0.25, 0.3) is 0 Å². The molecule has 102 valence electrons. The summed E-state index contributed by atoms with van der Waals surface area (Å²) in [7, 11) is -1.55. The van der Waals surface area contributed by atoms with Crippen LogP contribution in [0.1, 0.15) is 5.56 Å². The first kappa shape index (κ1) is 15.1. The Bertz CT molecular complexity index is 398. The molecule has 0 aliphatic carbocycles. The Balaban J connectivity index is 0.00000289. The van der Waals surface area contributed by atoms with Crippen LogP contribution in [0, 0.1) is 0 Å². The van der Waals surface area contributed by atoms with Crippen LogP contribution >= 0.6 is 0 Å². The van der Waals surface area contributed by atoms with Crippen molar-refractivity contribution in [3.8, 4) is 0 Å². The van der Waals surface area contributed by atoms with E-state index in [2.05, 4.69) is 5.32 Å². The van der Waals surface area contributed by atoms with Crippen molar-refractivity contribution in [2.45, 2.75) is 12.5 Å². The molecule has 1 unspecified atom stereocenters. The molecule has 4 N–H and O–H groups in total. The third-order valence-electron chi connectivity index (χ3n) is 2.25. The summed E-state index contributed by atoms with van der Waals surface area (Å²) in [5.41, 5.74) is 0.972. The Morgan fingerprint density at radius 2 is 1.89 bits per heavy atom. The number of carbonyl (C=O) groups is 1.